The lowest BCUT2D eigenvalue weighted by Gasteiger charge is -2.10. The molecule has 0 saturated carbocycles. The number of carboxylic acids is 1. The topological polar surface area (TPSA) is 46.5 Å². The number of carbonyl (C=O) groups is 1. The van der Waals surface area contributed by atoms with Crippen molar-refractivity contribution in [3.63, 3.8) is 0 Å². The molecule has 0 heterocycles. The third kappa shape index (κ3) is 3.91. The molecular formula is C17H13F3O3. The first-order valence-corrected chi connectivity index (χ1v) is 6.58. The highest BCUT2D eigenvalue weighted by Gasteiger charge is 2.29. The number of para-hydroxylation sites is 1. The number of carboxylic acid groups (broad SMARTS) is 1. The normalized spacial score (nSPS) is 12.1. The number of aliphatic carboxylic acids is 1. The molecule has 2 rings (SSSR count). The quantitative estimate of drug-likeness (QED) is 0.673. The van der Waals surface area contributed by atoms with Crippen molar-refractivity contribution in [3.05, 3.63) is 65.2 Å². The summed E-state index contributed by atoms with van der Waals surface area (Å²) >= 11 is 0. The molecule has 0 aliphatic heterocycles. The van der Waals surface area contributed by atoms with Gasteiger partial charge in [0.2, 0.25) is 0 Å². The Morgan fingerprint density at radius 2 is 1.70 bits per heavy atom. The highest BCUT2D eigenvalue weighted by molar-refractivity contribution is 6.21. The third-order valence-corrected chi connectivity index (χ3v) is 3.18. The van der Waals surface area contributed by atoms with Gasteiger partial charge < -0.3 is 9.84 Å². The van der Waals surface area contributed by atoms with Gasteiger partial charge in [0.15, 0.2) is 0 Å². The van der Waals surface area contributed by atoms with E-state index in [1.165, 1.54) is 25.3 Å². The van der Waals surface area contributed by atoms with Gasteiger partial charge in [-0.1, -0.05) is 30.3 Å². The Hall–Kier alpha value is -2.76. The van der Waals surface area contributed by atoms with E-state index in [0.29, 0.717) is 16.9 Å². The Morgan fingerprint density at radius 3 is 2.22 bits per heavy atom. The molecule has 0 aromatic heterocycles. The average Bonchev–Trinajstić information content (AvgIpc) is 2.52. The summed E-state index contributed by atoms with van der Waals surface area (Å²) in [5, 5.41) is 9.39. The van der Waals surface area contributed by atoms with Crippen molar-refractivity contribution in [2.45, 2.75) is 6.18 Å². The molecule has 0 aliphatic carbocycles. The molecule has 0 spiro atoms. The lowest BCUT2D eigenvalue weighted by Crippen LogP contribution is -2.04. The van der Waals surface area contributed by atoms with Crippen LogP contribution in [0, 0.1) is 0 Å². The maximum absolute atomic E-state index is 12.5. The van der Waals surface area contributed by atoms with E-state index in [-0.39, 0.29) is 5.57 Å². The molecule has 1 N–H and O–H groups in total. The fraction of sp³-hybridized carbons (Fsp3) is 0.118. The number of alkyl halides is 3. The van der Waals surface area contributed by atoms with Crippen LogP contribution in [-0.2, 0) is 11.0 Å². The smallest absolute Gasteiger partial charge is 0.416 e. The Labute approximate surface area is 130 Å². The number of rotatable bonds is 4. The molecule has 0 unspecified atom stereocenters. The molecule has 0 atom stereocenters. The van der Waals surface area contributed by atoms with Crippen LogP contribution in [0.1, 0.15) is 16.7 Å². The summed E-state index contributed by atoms with van der Waals surface area (Å²) in [4.78, 5) is 11.5. The Kier molecular flexibility index (Phi) is 4.74. The number of hydrogen-bond acceptors (Lipinski definition) is 2. The first-order chi connectivity index (χ1) is 10.8. The molecule has 23 heavy (non-hydrogen) atoms. The number of benzene rings is 2. The lowest BCUT2D eigenvalue weighted by molar-refractivity contribution is -0.137. The van der Waals surface area contributed by atoms with Crippen LogP contribution in [0.2, 0.25) is 0 Å². The highest BCUT2D eigenvalue weighted by Crippen LogP contribution is 2.31. The van der Waals surface area contributed by atoms with E-state index in [1.54, 1.807) is 24.3 Å². The third-order valence-electron chi connectivity index (χ3n) is 3.18. The van der Waals surface area contributed by atoms with Crippen molar-refractivity contribution in [3.8, 4) is 5.75 Å². The second-order valence-corrected chi connectivity index (χ2v) is 4.68. The van der Waals surface area contributed by atoms with Crippen LogP contribution in [0.3, 0.4) is 0 Å². The van der Waals surface area contributed by atoms with Gasteiger partial charge in [0.1, 0.15) is 5.75 Å². The molecule has 0 fully saturated rings. The summed E-state index contributed by atoms with van der Waals surface area (Å²) in [5.74, 6) is -0.831. The average molecular weight is 322 g/mol. The SMILES string of the molecule is COc1ccccc1/C(=C/c1ccc(C(F)(F)F)cc1)C(=O)O. The molecule has 2 aromatic rings. The molecule has 3 nitrogen and oxygen atoms in total. The number of ether oxygens (including phenoxy) is 1. The predicted molar refractivity (Wildman–Crippen MR) is 79.9 cm³/mol. The summed E-state index contributed by atoms with van der Waals surface area (Å²) < 4.78 is 42.8. The maximum Gasteiger partial charge on any atom is 0.416 e. The number of halogens is 3. The minimum atomic E-state index is -4.43. The van der Waals surface area contributed by atoms with Crippen LogP contribution in [0.25, 0.3) is 11.6 Å². The van der Waals surface area contributed by atoms with Crippen molar-refractivity contribution in [1.29, 1.82) is 0 Å². The zero-order valence-corrected chi connectivity index (χ0v) is 12.1. The monoisotopic (exact) mass is 322 g/mol. The van der Waals surface area contributed by atoms with E-state index < -0.39 is 17.7 Å². The summed E-state index contributed by atoms with van der Waals surface area (Å²) in [6.45, 7) is 0. The van der Waals surface area contributed by atoms with Gasteiger partial charge in [0.25, 0.3) is 0 Å². The molecule has 2 aromatic carbocycles. The van der Waals surface area contributed by atoms with Crippen LogP contribution in [0.5, 0.6) is 5.75 Å². The second-order valence-electron chi connectivity index (χ2n) is 4.68. The minimum absolute atomic E-state index is 0.0674. The first-order valence-electron chi connectivity index (χ1n) is 6.58. The Morgan fingerprint density at radius 1 is 1.09 bits per heavy atom. The van der Waals surface area contributed by atoms with Gasteiger partial charge in [0.05, 0.1) is 18.2 Å². The molecule has 0 bridgehead atoms. The van der Waals surface area contributed by atoms with Crippen molar-refractivity contribution >= 4 is 17.6 Å². The van der Waals surface area contributed by atoms with E-state index in [9.17, 15) is 23.1 Å². The van der Waals surface area contributed by atoms with Crippen LogP contribution in [-0.4, -0.2) is 18.2 Å². The standard InChI is InChI=1S/C17H13F3O3/c1-23-15-5-3-2-4-13(15)14(16(21)22)10-11-6-8-12(9-7-11)17(18,19)20/h2-10H,1H3,(H,21,22)/b14-10-. The fourth-order valence-electron chi connectivity index (χ4n) is 2.06. The van der Waals surface area contributed by atoms with Crippen molar-refractivity contribution < 1.29 is 27.8 Å². The van der Waals surface area contributed by atoms with Gasteiger partial charge in [-0.25, -0.2) is 4.79 Å². The molecule has 6 heteroatoms. The second kappa shape index (κ2) is 6.56. The highest BCUT2D eigenvalue weighted by atomic mass is 19.4. The molecular weight excluding hydrogens is 309 g/mol. The van der Waals surface area contributed by atoms with Crippen LogP contribution >= 0.6 is 0 Å². The number of hydrogen-bond donors (Lipinski definition) is 1. The van der Waals surface area contributed by atoms with Crippen molar-refractivity contribution in [2.24, 2.45) is 0 Å². The van der Waals surface area contributed by atoms with Crippen molar-refractivity contribution in [1.82, 2.24) is 0 Å². The molecule has 0 saturated heterocycles. The van der Waals surface area contributed by atoms with E-state index in [2.05, 4.69) is 0 Å². The van der Waals surface area contributed by atoms with Gasteiger partial charge in [-0.15, -0.1) is 0 Å². The van der Waals surface area contributed by atoms with E-state index >= 15 is 0 Å². The largest absolute Gasteiger partial charge is 0.496 e. The molecule has 120 valence electrons. The first kappa shape index (κ1) is 16.6. The minimum Gasteiger partial charge on any atom is -0.496 e. The molecule has 0 aliphatic rings. The summed E-state index contributed by atoms with van der Waals surface area (Å²) in [7, 11) is 1.41. The fourth-order valence-corrected chi connectivity index (χ4v) is 2.06. The molecule has 0 amide bonds. The summed E-state index contributed by atoms with van der Waals surface area (Å²) in [5.41, 5.74) is -0.158. The van der Waals surface area contributed by atoms with Gasteiger partial charge in [-0.3, -0.25) is 0 Å². The summed E-state index contributed by atoms with van der Waals surface area (Å²) in [6.07, 6.45) is -3.12. The van der Waals surface area contributed by atoms with E-state index in [4.69, 9.17) is 4.74 Å². The Bertz CT molecular complexity index is 731. The van der Waals surface area contributed by atoms with E-state index in [1.807, 2.05) is 0 Å². The van der Waals surface area contributed by atoms with Crippen LogP contribution in [0.4, 0.5) is 13.2 Å². The van der Waals surface area contributed by atoms with Gasteiger partial charge in [-0.05, 0) is 29.8 Å². The van der Waals surface area contributed by atoms with Gasteiger partial charge >= 0.3 is 12.1 Å². The predicted octanol–water partition coefficient (Wildman–Crippen LogP) is 4.34. The Balaban J connectivity index is 2.46. The zero-order valence-electron chi connectivity index (χ0n) is 12.1. The number of methoxy groups -OCH3 is 1. The van der Waals surface area contributed by atoms with Gasteiger partial charge in [0, 0.05) is 5.56 Å². The van der Waals surface area contributed by atoms with Crippen LogP contribution in [0.15, 0.2) is 48.5 Å². The maximum atomic E-state index is 12.5. The summed E-state index contributed by atoms with van der Waals surface area (Å²) in [6, 6.07) is 10.8. The van der Waals surface area contributed by atoms with E-state index in [0.717, 1.165) is 12.1 Å². The molecule has 0 radical (unpaired) electrons. The lowest BCUT2D eigenvalue weighted by atomic mass is 10.0. The zero-order chi connectivity index (χ0) is 17.0. The van der Waals surface area contributed by atoms with Crippen molar-refractivity contribution in [2.75, 3.05) is 7.11 Å². The van der Waals surface area contributed by atoms with Crippen LogP contribution < -0.4 is 4.74 Å². The van der Waals surface area contributed by atoms with Gasteiger partial charge in [-0.2, -0.15) is 13.2 Å².